The summed E-state index contributed by atoms with van der Waals surface area (Å²) in [5.74, 6) is 1.75. The Morgan fingerprint density at radius 3 is 2.87 bits per heavy atom. The van der Waals surface area contributed by atoms with Crippen LogP contribution in [0.2, 0.25) is 0 Å². The quantitative estimate of drug-likeness (QED) is 0.728. The summed E-state index contributed by atoms with van der Waals surface area (Å²) in [4.78, 5) is 32.1. The summed E-state index contributed by atoms with van der Waals surface area (Å²) >= 11 is 0. The van der Waals surface area contributed by atoms with Crippen LogP contribution in [0.15, 0.2) is 34.9 Å². The number of aromatic nitrogens is 2. The van der Waals surface area contributed by atoms with Gasteiger partial charge in [-0.05, 0) is 43.9 Å². The highest BCUT2D eigenvalue weighted by Gasteiger charge is 2.50. The molecular formula is C22H28ClN5O3. The van der Waals surface area contributed by atoms with Gasteiger partial charge in [0.1, 0.15) is 6.04 Å². The van der Waals surface area contributed by atoms with Crippen LogP contribution in [0.5, 0.6) is 0 Å². The Hall–Kier alpha value is -2.45. The molecule has 3 fully saturated rings. The Labute approximate surface area is 187 Å². The molecule has 2 bridgehead atoms. The van der Waals surface area contributed by atoms with E-state index in [1.165, 1.54) is 0 Å². The van der Waals surface area contributed by atoms with Crippen LogP contribution in [0.4, 0.5) is 0 Å². The zero-order valence-corrected chi connectivity index (χ0v) is 18.1. The van der Waals surface area contributed by atoms with Crippen molar-refractivity contribution in [3.05, 3.63) is 36.2 Å². The fourth-order valence-corrected chi connectivity index (χ4v) is 5.31. The van der Waals surface area contributed by atoms with Gasteiger partial charge in [-0.2, -0.15) is 4.98 Å². The van der Waals surface area contributed by atoms with Gasteiger partial charge in [-0.15, -0.1) is 12.4 Å². The van der Waals surface area contributed by atoms with Gasteiger partial charge in [-0.25, -0.2) is 0 Å². The van der Waals surface area contributed by atoms with Gasteiger partial charge in [0.05, 0.1) is 0 Å². The van der Waals surface area contributed by atoms with Crippen LogP contribution in [-0.4, -0.2) is 58.6 Å². The first kappa shape index (κ1) is 21.8. The summed E-state index contributed by atoms with van der Waals surface area (Å²) in [5, 5.41) is 10.5. The van der Waals surface area contributed by atoms with Gasteiger partial charge in [0.2, 0.25) is 11.8 Å². The highest BCUT2D eigenvalue weighted by Crippen LogP contribution is 2.39. The molecule has 1 aromatic heterocycles. The van der Waals surface area contributed by atoms with E-state index in [0.29, 0.717) is 37.0 Å². The third-order valence-electron chi connectivity index (χ3n) is 6.65. The number of nitrogens with zero attached hydrogens (tertiary/aromatic N) is 3. The molecule has 9 heteroatoms. The van der Waals surface area contributed by atoms with Crippen LogP contribution < -0.4 is 10.6 Å². The highest BCUT2D eigenvalue weighted by atomic mass is 35.5. The number of fused-ring (bicyclic) bond motifs is 4. The van der Waals surface area contributed by atoms with E-state index in [1.54, 1.807) is 0 Å². The Morgan fingerprint density at radius 1 is 1.23 bits per heavy atom. The van der Waals surface area contributed by atoms with Crippen LogP contribution in [0, 0.1) is 11.8 Å². The van der Waals surface area contributed by atoms with E-state index in [-0.39, 0.29) is 42.2 Å². The lowest BCUT2D eigenvalue weighted by Gasteiger charge is -2.53. The molecule has 2 amide bonds. The molecular weight excluding hydrogens is 418 g/mol. The van der Waals surface area contributed by atoms with Crippen LogP contribution in [0.3, 0.4) is 0 Å². The third-order valence-corrected chi connectivity index (χ3v) is 6.65. The maximum Gasteiger partial charge on any atom is 0.257 e. The Kier molecular flexibility index (Phi) is 6.57. The minimum atomic E-state index is -0.378. The number of carbonyl (C=O) groups is 2. The minimum absolute atomic E-state index is 0. The zero-order chi connectivity index (χ0) is 20.5. The van der Waals surface area contributed by atoms with E-state index < -0.39 is 0 Å². The van der Waals surface area contributed by atoms with Crippen LogP contribution in [-0.2, 0) is 16.0 Å². The highest BCUT2D eigenvalue weighted by molar-refractivity contribution is 5.89. The van der Waals surface area contributed by atoms with Crippen molar-refractivity contribution in [3.63, 3.8) is 0 Å². The summed E-state index contributed by atoms with van der Waals surface area (Å²) in [6.07, 6.45) is 3.98. The number of nitrogens with one attached hydrogen (secondary N) is 2. The molecule has 0 aliphatic carbocycles. The fraction of sp³-hybridized carbons (Fsp3) is 0.545. The van der Waals surface area contributed by atoms with Crippen molar-refractivity contribution in [2.75, 3.05) is 19.6 Å². The van der Waals surface area contributed by atoms with E-state index >= 15 is 0 Å². The van der Waals surface area contributed by atoms with Crippen LogP contribution in [0.1, 0.15) is 31.5 Å². The largest absolute Gasteiger partial charge is 0.354 e. The summed E-state index contributed by atoms with van der Waals surface area (Å²) in [7, 11) is 0. The monoisotopic (exact) mass is 445 g/mol. The fourth-order valence-electron chi connectivity index (χ4n) is 5.31. The van der Waals surface area contributed by atoms with Gasteiger partial charge < -0.3 is 20.1 Å². The molecule has 4 atom stereocenters. The van der Waals surface area contributed by atoms with Crippen molar-refractivity contribution in [2.24, 2.45) is 11.8 Å². The lowest BCUT2D eigenvalue weighted by Crippen LogP contribution is -2.68. The van der Waals surface area contributed by atoms with Crippen LogP contribution >= 0.6 is 12.4 Å². The maximum atomic E-state index is 13.1. The Morgan fingerprint density at radius 2 is 2.03 bits per heavy atom. The zero-order valence-electron chi connectivity index (χ0n) is 17.3. The van der Waals surface area contributed by atoms with Crippen molar-refractivity contribution in [1.29, 1.82) is 0 Å². The predicted octanol–water partition coefficient (Wildman–Crippen LogP) is 1.81. The lowest BCUT2D eigenvalue weighted by molar-refractivity contribution is -0.157. The van der Waals surface area contributed by atoms with Crippen molar-refractivity contribution in [2.45, 2.75) is 44.2 Å². The number of benzene rings is 1. The van der Waals surface area contributed by atoms with Crippen molar-refractivity contribution in [3.8, 4) is 11.5 Å². The topological polar surface area (TPSA) is 100 Å². The summed E-state index contributed by atoms with van der Waals surface area (Å²) in [6, 6.07) is 9.42. The van der Waals surface area contributed by atoms with Crippen molar-refractivity contribution < 1.29 is 14.1 Å². The van der Waals surface area contributed by atoms with E-state index in [0.717, 1.165) is 37.9 Å². The predicted molar refractivity (Wildman–Crippen MR) is 116 cm³/mol. The molecule has 3 saturated heterocycles. The molecule has 2 aromatic rings. The first-order chi connectivity index (χ1) is 14.7. The average Bonchev–Trinajstić information content (AvgIpc) is 3.24. The van der Waals surface area contributed by atoms with Crippen LogP contribution in [0.25, 0.3) is 11.5 Å². The van der Waals surface area contributed by atoms with E-state index in [4.69, 9.17) is 4.52 Å². The second-order valence-electron chi connectivity index (χ2n) is 8.54. The summed E-state index contributed by atoms with van der Waals surface area (Å²) in [5.41, 5.74) is 0.872. The molecule has 166 valence electrons. The summed E-state index contributed by atoms with van der Waals surface area (Å²) < 4.78 is 5.33. The Balaban J connectivity index is 0.00000231. The normalized spacial score (nSPS) is 27.2. The number of rotatable bonds is 5. The van der Waals surface area contributed by atoms with Gasteiger partial charge in [0.25, 0.3) is 5.89 Å². The molecule has 3 aliphatic rings. The number of piperidine rings is 3. The minimum Gasteiger partial charge on any atom is -0.354 e. The second kappa shape index (κ2) is 9.36. The van der Waals surface area contributed by atoms with E-state index in [9.17, 15) is 9.59 Å². The molecule has 0 unspecified atom stereocenters. The van der Waals surface area contributed by atoms with Gasteiger partial charge in [-0.1, -0.05) is 23.4 Å². The first-order valence-electron chi connectivity index (χ1n) is 10.9. The number of amides is 2. The molecule has 5 rings (SSSR count). The van der Waals surface area contributed by atoms with Gasteiger partial charge in [0.15, 0.2) is 5.82 Å². The van der Waals surface area contributed by atoms with Gasteiger partial charge in [0, 0.05) is 43.5 Å². The third kappa shape index (κ3) is 4.32. The lowest BCUT2D eigenvalue weighted by atomic mass is 9.72. The second-order valence-corrected chi connectivity index (χ2v) is 8.54. The average molecular weight is 446 g/mol. The smallest absolute Gasteiger partial charge is 0.257 e. The van der Waals surface area contributed by atoms with Crippen molar-refractivity contribution in [1.82, 2.24) is 25.7 Å². The van der Waals surface area contributed by atoms with Crippen molar-refractivity contribution >= 4 is 24.2 Å². The van der Waals surface area contributed by atoms with E-state index in [1.807, 2.05) is 35.2 Å². The molecule has 0 spiro atoms. The number of hydrogen-bond donors (Lipinski definition) is 2. The molecule has 4 heterocycles. The molecule has 1 aromatic carbocycles. The standard InChI is InChI=1S/C22H27N5O3.ClH/c28-19-8-4-7-17-15-11-16(13-23-12-15)20(27(17)19)21(29)24-10-9-18-25-22(30-26-18)14-5-2-1-3-6-14;/h1-3,5-6,15-17,20,23H,4,7-13H2,(H,24,29);1H/t15-,16+,17+,20-;/m1./s1. The summed E-state index contributed by atoms with van der Waals surface area (Å²) in [6.45, 7) is 2.15. The SMILES string of the molecule is Cl.O=C(NCCc1noc(-c2ccccc2)n1)[C@H]1[C@@H]2CNC[C@@H](C2)[C@@H]2CCCC(=O)N21. The first-order valence-corrected chi connectivity index (χ1v) is 10.9. The number of carbonyl (C=O) groups excluding carboxylic acids is 2. The molecule has 31 heavy (non-hydrogen) atoms. The van der Waals surface area contributed by atoms with Gasteiger partial charge >= 0.3 is 0 Å². The molecule has 8 nitrogen and oxygen atoms in total. The molecule has 3 aliphatic heterocycles. The van der Waals surface area contributed by atoms with Gasteiger partial charge in [-0.3, -0.25) is 9.59 Å². The number of hydrogen-bond acceptors (Lipinski definition) is 6. The molecule has 0 radical (unpaired) electrons. The maximum absolute atomic E-state index is 13.1. The molecule has 2 N–H and O–H groups in total. The molecule has 0 saturated carbocycles. The Bertz CT molecular complexity index is 921. The number of halogens is 1. The van der Waals surface area contributed by atoms with E-state index in [2.05, 4.69) is 20.8 Å².